The molecule has 2 aromatic rings. The van der Waals surface area contributed by atoms with Crippen LogP contribution in [0.2, 0.25) is 5.02 Å². The van der Waals surface area contributed by atoms with Crippen LogP contribution in [0.15, 0.2) is 36.4 Å². The summed E-state index contributed by atoms with van der Waals surface area (Å²) in [5.74, 6) is -1.20. The normalized spacial score (nSPS) is 12.2. The molecule has 1 unspecified atom stereocenters. The van der Waals surface area contributed by atoms with Crippen LogP contribution < -0.4 is 9.47 Å². The Kier molecular flexibility index (Phi) is 8.06. The fourth-order valence-electron chi connectivity index (χ4n) is 2.27. The van der Waals surface area contributed by atoms with Crippen molar-refractivity contribution < 1.29 is 41.8 Å². The monoisotopic (exact) mass is 463 g/mol. The van der Waals surface area contributed by atoms with E-state index < -0.39 is 34.4 Å². The van der Waals surface area contributed by atoms with E-state index in [-0.39, 0.29) is 35.5 Å². The zero-order chi connectivity index (χ0) is 23.2. The molecule has 0 bridgehead atoms. The first-order valence-corrected chi connectivity index (χ1v) is 9.06. The fraction of sp³-hybridized carbons (Fsp3) is 0.316. The molecule has 0 N–H and O–H groups in total. The van der Waals surface area contributed by atoms with Crippen molar-refractivity contribution in [1.29, 1.82) is 0 Å². The largest absolute Gasteiger partial charge is 0.472 e. The minimum atomic E-state index is -4.58. The molecule has 0 fully saturated rings. The lowest BCUT2D eigenvalue weighted by atomic mass is 10.2. The molecule has 0 amide bonds. The molecular formula is C19H17ClF3NO7. The minimum Gasteiger partial charge on any atom is -0.472 e. The van der Waals surface area contributed by atoms with Crippen molar-refractivity contribution in [3.8, 4) is 17.2 Å². The number of rotatable bonds is 9. The van der Waals surface area contributed by atoms with Gasteiger partial charge in [-0.3, -0.25) is 10.1 Å². The first kappa shape index (κ1) is 24.2. The van der Waals surface area contributed by atoms with E-state index in [1.54, 1.807) is 0 Å². The van der Waals surface area contributed by atoms with Crippen LogP contribution in [0.3, 0.4) is 0 Å². The molecule has 2 rings (SSSR count). The molecule has 1 atom stereocenters. The van der Waals surface area contributed by atoms with Gasteiger partial charge < -0.3 is 18.9 Å². The number of esters is 1. The summed E-state index contributed by atoms with van der Waals surface area (Å²) in [5.41, 5.74) is -1.42. The minimum absolute atomic E-state index is 0.0118. The van der Waals surface area contributed by atoms with Gasteiger partial charge in [0, 0.05) is 19.2 Å². The Morgan fingerprint density at radius 1 is 1.16 bits per heavy atom. The standard InChI is InChI=1S/C19H17ClF3NO7/c1-11(18(25)29-8-7-28-2)30-17-10-13(4-5-15(17)24(26)27)31-16-6-3-12(9-14(16)20)19(21,22)23/h3-6,9-11H,7-8H2,1-2H3. The summed E-state index contributed by atoms with van der Waals surface area (Å²) in [6.45, 7) is 1.47. The number of halogens is 4. The maximum Gasteiger partial charge on any atom is 0.416 e. The highest BCUT2D eigenvalue weighted by Crippen LogP contribution is 2.38. The third-order valence-corrected chi connectivity index (χ3v) is 4.08. The molecule has 0 aliphatic carbocycles. The van der Waals surface area contributed by atoms with Gasteiger partial charge >= 0.3 is 17.8 Å². The number of hydrogen-bond acceptors (Lipinski definition) is 7. The predicted molar refractivity (Wildman–Crippen MR) is 103 cm³/mol. The van der Waals surface area contributed by atoms with Crippen LogP contribution >= 0.6 is 11.6 Å². The van der Waals surface area contributed by atoms with Crippen LogP contribution in [-0.2, 0) is 20.4 Å². The SMILES string of the molecule is COCCOC(=O)C(C)Oc1cc(Oc2ccc(C(F)(F)F)cc2Cl)ccc1[N+](=O)[O-]. The van der Waals surface area contributed by atoms with Gasteiger partial charge in [0.15, 0.2) is 6.10 Å². The number of hydrogen-bond donors (Lipinski definition) is 0. The average Bonchev–Trinajstić information content (AvgIpc) is 2.68. The molecule has 8 nitrogen and oxygen atoms in total. The number of nitro benzene ring substituents is 1. The van der Waals surface area contributed by atoms with Crippen LogP contribution in [0, 0.1) is 10.1 Å². The number of alkyl halides is 3. The third-order valence-electron chi connectivity index (χ3n) is 3.78. The van der Waals surface area contributed by atoms with E-state index in [4.69, 9.17) is 30.5 Å². The number of methoxy groups -OCH3 is 1. The summed E-state index contributed by atoms with van der Waals surface area (Å²) in [6, 6.07) is 5.88. The summed E-state index contributed by atoms with van der Waals surface area (Å²) >= 11 is 5.86. The molecule has 0 radical (unpaired) electrons. The van der Waals surface area contributed by atoms with Crippen molar-refractivity contribution in [1.82, 2.24) is 0 Å². The first-order valence-electron chi connectivity index (χ1n) is 8.68. The van der Waals surface area contributed by atoms with Gasteiger partial charge in [0.05, 0.1) is 22.1 Å². The summed E-state index contributed by atoms with van der Waals surface area (Å²) in [5, 5.41) is 10.9. The van der Waals surface area contributed by atoms with Crippen LogP contribution in [0.5, 0.6) is 17.2 Å². The second-order valence-electron chi connectivity index (χ2n) is 6.05. The van der Waals surface area contributed by atoms with Crippen LogP contribution in [0.25, 0.3) is 0 Å². The van der Waals surface area contributed by atoms with E-state index in [0.29, 0.717) is 6.07 Å². The zero-order valence-electron chi connectivity index (χ0n) is 16.3. The average molecular weight is 464 g/mol. The highest BCUT2D eigenvalue weighted by molar-refractivity contribution is 6.32. The highest BCUT2D eigenvalue weighted by atomic mass is 35.5. The Hall–Kier alpha value is -3.05. The van der Waals surface area contributed by atoms with E-state index in [1.165, 1.54) is 20.1 Å². The molecule has 0 saturated heterocycles. The predicted octanol–water partition coefficient (Wildman–Crippen LogP) is 5.02. The Balaban J connectivity index is 2.23. The number of nitro groups is 1. The number of carbonyl (C=O) groups excluding carboxylic acids is 1. The molecule has 0 saturated carbocycles. The fourth-order valence-corrected chi connectivity index (χ4v) is 2.49. The van der Waals surface area contributed by atoms with E-state index in [9.17, 15) is 28.1 Å². The number of ether oxygens (including phenoxy) is 4. The molecule has 168 valence electrons. The van der Waals surface area contributed by atoms with Crippen LogP contribution in [0.4, 0.5) is 18.9 Å². The third kappa shape index (κ3) is 6.72. The first-order chi connectivity index (χ1) is 14.5. The Labute approximate surface area is 179 Å². The highest BCUT2D eigenvalue weighted by Gasteiger charge is 2.31. The lowest BCUT2D eigenvalue weighted by molar-refractivity contribution is -0.386. The quantitative estimate of drug-likeness (QED) is 0.223. The molecule has 0 spiro atoms. The molecule has 31 heavy (non-hydrogen) atoms. The van der Waals surface area contributed by atoms with E-state index in [2.05, 4.69) is 0 Å². The summed E-state index contributed by atoms with van der Waals surface area (Å²) < 4.78 is 58.7. The summed E-state index contributed by atoms with van der Waals surface area (Å²) in [6.07, 6.45) is -5.77. The van der Waals surface area contributed by atoms with Gasteiger partial charge in [-0.15, -0.1) is 0 Å². The van der Waals surface area contributed by atoms with Gasteiger partial charge in [0.2, 0.25) is 5.75 Å². The summed E-state index contributed by atoms with van der Waals surface area (Å²) in [4.78, 5) is 22.5. The van der Waals surface area contributed by atoms with Gasteiger partial charge in [0.1, 0.15) is 18.1 Å². The smallest absolute Gasteiger partial charge is 0.416 e. The molecule has 12 heteroatoms. The van der Waals surface area contributed by atoms with Gasteiger partial charge in [0.25, 0.3) is 0 Å². The maximum absolute atomic E-state index is 12.8. The van der Waals surface area contributed by atoms with Gasteiger partial charge in [-0.2, -0.15) is 13.2 Å². The molecule has 0 aliphatic rings. The Bertz CT molecular complexity index is 953. The Morgan fingerprint density at radius 2 is 1.87 bits per heavy atom. The number of benzene rings is 2. The zero-order valence-corrected chi connectivity index (χ0v) is 17.0. The topological polar surface area (TPSA) is 97.1 Å². The van der Waals surface area contributed by atoms with Crippen LogP contribution in [-0.4, -0.2) is 37.3 Å². The maximum atomic E-state index is 12.8. The second kappa shape index (κ2) is 10.3. The van der Waals surface area contributed by atoms with E-state index in [0.717, 1.165) is 24.3 Å². The molecule has 0 aliphatic heterocycles. The number of nitrogens with zero attached hydrogens (tertiary/aromatic N) is 1. The van der Waals surface area contributed by atoms with E-state index in [1.807, 2.05) is 0 Å². The van der Waals surface area contributed by atoms with Crippen molar-refractivity contribution in [2.45, 2.75) is 19.2 Å². The van der Waals surface area contributed by atoms with E-state index >= 15 is 0 Å². The van der Waals surface area contributed by atoms with Crippen molar-refractivity contribution >= 4 is 23.3 Å². The van der Waals surface area contributed by atoms with Crippen LogP contribution in [0.1, 0.15) is 12.5 Å². The van der Waals surface area contributed by atoms with Gasteiger partial charge in [-0.05, 0) is 31.2 Å². The Morgan fingerprint density at radius 3 is 2.45 bits per heavy atom. The molecular weight excluding hydrogens is 447 g/mol. The van der Waals surface area contributed by atoms with Gasteiger partial charge in [-0.25, -0.2) is 4.79 Å². The molecule has 0 aromatic heterocycles. The van der Waals surface area contributed by atoms with Crippen molar-refractivity contribution in [3.63, 3.8) is 0 Å². The summed E-state index contributed by atoms with van der Waals surface area (Å²) in [7, 11) is 1.42. The lowest BCUT2D eigenvalue weighted by Crippen LogP contribution is -2.27. The van der Waals surface area contributed by atoms with Crippen molar-refractivity contribution in [2.24, 2.45) is 0 Å². The number of carbonyl (C=O) groups is 1. The molecule has 2 aromatic carbocycles. The van der Waals surface area contributed by atoms with Gasteiger partial charge in [-0.1, -0.05) is 11.6 Å². The second-order valence-corrected chi connectivity index (χ2v) is 6.46. The lowest BCUT2D eigenvalue weighted by Gasteiger charge is -2.15. The molecule has 0 heterocycles. The van der Waals surface area contributed by atoms with Crippen molar-refractivity contribution in [2.75, 3.05) is 20.3 Å². The van der Waals surface area contributed by atoms with Crippen molar-refractivity contribution in [3.05, 3.63) is 57.1 Å².